The highest BCUT2D eigenvalue weighted by molar-refractivity contribution is 5.74. The van der Waals surface area contributed by atoms with Gasteiger partial charge in [-0.05, 0) is 12.3 Å². The van der Waals surface area contributed by atoms with Crippen molar-refractivity contribution in [1.29, 1.82) is 5.26 Å². The topological polar surface area (TPSA) is 73.1 Å². The van der Waals surface area contributed by atoms with Crippen LogP contribution in [0.2, 0.25) is 0 Å². The molecule has 0 aromatic rings. The molecule has 3 atom stereocenters. The molecule has 0 bridgehead atoms. The Labute approximate surface area is 77.6 Å². The van der Waals surface area contributed by atoms with Crippen LogP contribution in [-0.2, 0) is 4.79 Å². The van der Waals surface area contributed by atoms with Crippen molar-refractivity contribution in [2.45, 2.75) is 32.4 Å². The third kappa shape index (κ3) is 1.99. The van der Waals surface area contributed by atoms with E-state index >= 15 is 0 Å². The Morgan fingerprint density at radius 1 is 1.69 bits per heavy atom. The van der Waals surface area contributed by atoms with E-state index in [1.165, 1.54) is 0 Å². The van der Waals surface area contributed by atoms with E-state index in [1.54, 1.807) is 0 Å². The van der Waals surface area contributed by atoms with Gasteiger partial charge in [0.15, 0.2) is 0 Å². The van der Waals surface area contributed by atoms with Gasteiger partial charge in [-0.2, -0.15) is 5.26 Å². The van der Waals surface area contributed by atoms with Gasteiger partial charge >= 0.3 is 5.97 Å². The fourth-order valence-electron chi connectivity index (χ4n) is 1.78. The molecule has 1 aliphatic heterocycles. The molecule has 2 N–H and O–H groups in total. The molecule has 0 aliphatic carbocycles. The highest BCUT2D eigenvalue weighted by atomic mass is 16.4. The van der Waals surface area contributed by atoms with E-state index in [-0.39, 0.29) is 12.0 Å². The second-order valence-corrected chi connectivity index (χ2v) is 3.80. The molecule has 1 fully saturated rings. The summed E-state index contributed by atoms with van der Waals surface area (Å²) < 4.78 is 0. The standard InChI is InChI=1S/C9H14N2O2/c1-5(2)8-6(4-10)3-7(11-8)9(12)13/h5-8,11H,3H2,1-2H3,(H,12,13). The van der Waals surface area contributed by atoms with Crippen molar-refractivity contribution in [3.8, 4) is 6.07 Å². The van der Waals surface area contributed by atoms with Crippen LogP contribution in [-0.4, -0.2) is 23.2 Å². The average molecular weight is 182 g/mol. The van der Waals surface area contributed by atoms with Gasteiger partial charge in [-0.25, -0.2) is 0 Å². The summed E-state index contributed by atoms with van der Waals surface area (Å²) in [6.45, 7) is 3.98. The number of aliphatic carboxylic acids is 1. The molecule has 0 spiro atoms. The van der Waals surface area contributed by atoms with Gasteiger partial charge < -0.3 is 5.11 Å². The Bertz CT molecular complexity index is 244. The number of nitriles is 1. The molecule has 1 saturated heterocycles. The summed E-state index contributed by atoms with van der Waals surface area (Å²) in [5, 5.41) is 20.5. The number of carbonyl (C=O) groups is 1. The molecule has 0 aromatic heterocycles. The lowest BCUT2D eigenvalue weighted by Gasteiger charge is -2.17. The number of hydrogen-bond acceptors (Lipinski definition) is 3. The van der Waals surface area contributed by atoms with Crippen molar-refractivity contribution in [1.82, 2.24) is 5.32 Å². The molecule has 1 rings (SSSR count). The van der Waals surface area contributed by atoms with E-state index in [4.69, 9.17) is 10.4 Å². The maximum absolute atomic E-state index is 10.7. The van der Waals surface area contributed by atoms with Gasteiger partial charge in [0.1, 0.15) is 6.04 Å². The van der Waals surface area contributed by atoms with Gasteiger partial charge in [-0.1, -0.05) is 13.8 Å². The van der Waals surface area contributed by atoms with Crippen LogP contribution in [0.5, 0.6) is 0 Å². The Morgan fingerprint density at radius 2 is 2.31 bits per heavy atom. The van der Waals surface area contributed by atoms with Crippen LogP contribution in [0.15, 0.2) is 0 Å². The highest BCUT2D eigenvalue weighted by Crippen LogP contribution is 2.25. The maximum Gasteiger partial charge on any atom is 0.320 e. The maximum atomic E-state index is 10.7. The predicted octanol–water partition coefficient (Wildman–Crippen LogP) is 0.597. The second kappa shape index (κ2) is 3.75. The van der Waals surface area contributed by atoms with E-state index in [0.717, 1.165) is 0 Å². The van der Waals surface area contributed by atoms with Gasteiger partial charge in [0, 0.05) is 6.04 Å². The fraction of sp³-hybridized carbons (Fsp3) is 0.778. The zero-order valence-electron chi connectivity index (χ0n) is 7.82. The number of nitrogens with zero attached hydrogens (tertiary/aromatic N) is 1. The summed E-state index contributed by atoms with van der Waals surface area (Å²) in [6.07, 6.45) is 0.425. The van der Waals surface area contributed by atoms with Crippen LogP contribution in [0.4, 0.5) is 0 Å². The molecule has 3 unspecified atom stereocenters. The predicted molar refractivity (Wildman–Crippen MR) is 46.9 cm³/mol. The smallest absolute Gasteiger partial charge is 0.320 e. The fourth-order valence-corrected chi connectivity index (χ4v) is 1.78. The SMILES string of the molecule is CC(C)C1NC(C(=O)O)CC1C#N. The largest absolute Gasteiger partial charge is 0.480 e. The van der Waals surface area contributed by atoms with Gasteiger partial charge in [-0.15, -0.1) is 0 Å². The summed E-state index contributed by atoms with van der Waals surface area (Å²) in [6, 6.07) is 1.63. The lowest BCUT2D eigenvalue weighted by Crippen LogP contribution is -2.38. The summed E-state index contributed by atoms with van der Waals surface area (Å²) >= 11 is 0. The summed E-state index contributed by atoms with van der Waals surface area (Å²) in [7, 11) is 0. The Kier molecular flexibility index (Phi) is 2.89. The van der Waals surface area contributed by atoms with Crippen molar-refractivity contribution >= 4 is 5.97 Å². The third-order valence-corrected chi connectivity index (χ3v) is 2.50. The number of rotatable bonds is 2. The Hall–Kier alpha value is -1.08. The first-order valence-corrected chi connectivity index (χ1v) is 4.44. The molecule has 1 heterocycles. The lowest BCUT2D eigenvalue weighted by molar-refractivity contribution is -0.139. The number of nitrogens with one attached hydrogen (secondary N) is 1. The van der Waals surface area contributed by atoms with Gasteiger partial charge in [0.05, 0.1) is 12.0 Å². The molecule has 4 heteroatoms. The van der Waals surface area contributed by atoms with Crippen molar-refractivity contribution in [2.24, 2.45) is 11.8 Å². The van der Waals surface area contributed by atoms with Gasteiger partial charge in [0.25, 0.3) is 0 Å². The first-order valence-electron chi connectivity index (χ1n) is 4.44. The monoisotopic (exact) mass is 182 g/mol. The second-order valence-electron chi connectivity index (χ2n) is 3.80. The van der Waals surface area contributed by atoms with E-state index in [2.05, 4.69) is 11.4 Å². The summed E-state index contributed by atoms with van der Waals surface area (Å²) in [5.41, 5.74) is 0. The Morgan fingerprint density at radius 3 is 2.62 bits per heavy atom. The lowest BCUT2D eigenvalue weighted by atomic mass is 9.92. The number of carboxylic acid groups (broad SMARTS) is 1. The van der Waals surface area contributed by atoms with E-state index in [0.29, 0.717) is 12.3 Å². The van der Waals surface area contributed by atoms with Crippen molar-refractivity contribution in [2.75, 3.05) is 0 Å². The van der Waals surface area contributed by atoms with Crippen LogP contribution < -0.4 is 5.32 Å². The number of carboxylic acids is 1. The van der Waals surface area contributed by atoms with Crippen LogP contribution >= 0.6 is 0 Å². The summed E-state index contributed by atoms with van der Waals surface area (Å²) in [4.78, 5) is 10.7. The van der Waals surface area contributed by atoms with Gasteiger partial charge in [-0.3, -0.25) is 10.1 Å². The minimum atomic E-state index is -0.858. The van der Waals surface area contributed by atoms with Crippen molar-refractivity contribution in [3.05, 3.63) is 0 Å². The Balaban J connectivity index is 2.68. The quantitative estimate of drug-likeness (QED) is 0.655. The zero-order chi connectivity index (χ0) is 10.0. The molecular formula is C9H14N2O2. The molecule has 0 radical (unpaired) electrons. The molecule has 1 aliphatic rings. The molecule has 0 saturated carbocycles. The van der Waals surface area contributed by atoms with E-state index < -0.39 is 12.0 Å². The minimum Gasteiger partial charge on any atom is -0.480 e. The van der Waals surface area contributed by atoms with Crippen molar-refractivity contribution < 1.29 is 9.90 Å². The molecule has 4 nitrogen and oxygen atoms in total. The molecule has 72 valence electrons. The van der Waals surface area contributed by atoms with Crippen LogP contribution in [0.1, 0.15) is 20.3 Å². The summed E-state index contributed by atoms with van der Waals surface area (Å²) in [5.74, 6) is -0.724. The molecular weight excluding hydrogens is 168 g/mol. The van der Waals surface area contributed by atoms with Crippen molar-refractivity contribution in [3.63, 3.8) is 0 Å². The third-order valence-electron chi connectivity index (χ3n) is 2.50. The zero-order valence-corrected chi connectivity index (χ0v) is 7.82. The minimum absolute atomic E-state index is 0.0195. The van der Waals surface area contributed by atoms with Crippen LogP contribution in [0.25, 0.3) is 0 Å². The average Bonchev–Trinajstić information content (AvgIpc) is 2.47. The molecule has 13 heavy (non-hydrogen) atoms. The first kappa shape index (κ1) is 10.0. The molecule has 0 aromatic carbocycles. The normalized spacial score (nSPS) is 33.2. The first-order chi connectivity index (χ1) is 6.06. The van der Waals surface area contributed by atoms with Crippen LogP contribution in [0, 0.1) is 23.2 Å². The van der Waals surface area contributed by atoms with E-state index in [1.807, 2.05) is 13.8 Å². The van der Waals surface area contributed by atoms with Crippen LogP contribution in [0.3, 0.4) is 0 Å². The van der Waals surface area contributed by atoms with E-state index in [9.17, 15) is 4.79 Å². The molecule has 0 amide bonds. The highest BCUT2D eigenvalue weighted by Gasteiger charge is 2.38. The van der Waals surface area contributed by atoms with Gasteiger partial charge in [0.2, 0.25) is 0 Å². The number of hydrogen-bond donors (Lipinski definition) is 2.